The average Bonchev–Trinajstić information content (AvgIpc) is 2.45. The molecule has 1 aromatic carbocycles. The van der Waals surface area contributed by atoms with E-state index in [1.165, 1.54) is 11.4 Å². The van der Waals surface area contributed by atoms with Crippen LogP contribution in [0.15, 0.2) is 36.4 Å². The summed E-state index contributed by atoms with van der Waals surface area (Å²) >= 11 is 6.86. The van der Waals surface area contributed by atoms with E-state index in [1.807, 2.05) is 56.3 Å². The minimum absolute atomic E-state index is 0.00649. The summed E-state index contributed by atoms with van der Waals surface area (Å²) in [5.41, 5.74) is -1.28. The van der Waals surface area contributed by atoms with Crippen LogP contribution in [0.5, 0.6) is 0 Å². The van der Waals surface area contributed by atoms with Crippen LogP contribution in [0.3, 0.4) is 0 Å². The van der Waals surface area contributed by atoms with Crippen molar-refractivity contribution in [1.82, 2.24) is 0 Å². The van der Waals surface area contributed by atoms with Gasteiger partial charge in [-0.3, -0.25) is 0 Å². The molecule has 1 aromatic rings. The molecule has 20 heavy (non-hydrogen) atoms. The second kappa shape index (κ2) is 9.72. The van der Waals surface area contributed by atoms with Gasteiger partial charge in [0.15, 0.2) is 0 Å². The number of aliphatic hydroxyl groups excluding tert-OH is 1. The van der Waals surface area contributed by atoms with E-state index in [9.17, 15) is 5.11 Å². The monoisotopic (exact) mass is 332 g/mol. The first kappa shape index (κ1) is 17.9. The molecule has 0 spiro atoms. The molecule has 0 aliphatic heterocycles. The van der Waals surface area contributed by atoms with Crippen molar-refractivity contribution in [2.24, 2.45) is 0 Å². The summed E-state index contributed by atoms with van der Waals surface area (Å²) in [5.74, 6) is 0. The lowest BCUT2D eigenvalue weighted by atomic mass is 10.2. The zero-order chi connectivity index (χ0) is 14.8. The molecule has 0 radical (unpaired) electrons. The van der Waals surface area contributed by atoms with E-state index in [0.717, 1.165) is 5.56 Å². The van der Waals surface area contributed by atoms with E-state index in [1.54, 1.807) is 0 Å². The highest BCUT2D eigenvalue weighted by Crippen LogP contribution is 2.62. The zero-order valence-corrected chi connectivity index (χ0v) is 14.3. The molecule has 0 aliphatic carbocycles. The Bertz CT molecular complexity index is 441. The molecule has 0 saturated heterocycles. The summed E-state index contributed by atoms with van der Waals surface area (Å²) in [6.45, 7) is 4.84. The second-order valence-electron chi connectivity index (χ2n) is 3.88. The van der Waals surface area contributed by atoms with Crippen LogP contribution in [0.25, 0.3) is 6.08 Å². The molecular formula is C14H21O3PS2. The smallest absolute Gasteiger partial charge is 0.247 e. The molecule has 0 amide bonds. The summed E-state index contributed by atoms with van der Waals surface area (Å²) < 4.78 is 11.2. The Labute approximate surface area is 130 Å². The highest BCUT2D eigenvalue weighted by molar-refractivity contribution is 8.68. The molecule has 0 aromatic heterocycles. The largest absolute Gasteiger partial charge is 0.395 e. The Hall–Kier alpha value is -0.160. The fraction of sp³-hybridized carbons (Fsp3) is 0.429. The van der Waals surface area contributed by atoms with Gasteiger partial charge in [-0.25, -0.2) is 0 Å². The molecule has 1 atom stereocenters. The fourth-order valence-electron chi connectivity index (χ4n) is 1.49. The van der Waals surface area contributed by atoms with Crippen LogP contribution in [-0.4, -0.2) is 30.2 Å². The van der Waals surface area contributed by atoms with Crippen molar-refractivity contribution >= 4 is 35.0 Å². The van der Waals surface area contributed by atoms with Gasteiger partial charge in [0.25, 0.3) is 0 Å². The summed E-state index contributed by atoms with van der Waals surface area (Å²) in [4.78, 5) is 0. The molecule has 1 N–H and O–H groups in total. The van der Waals surface area contributed by atoms with Gasteiger partial charge in [-0.05, 0) is 31.2 Å². The number of hydrogen-bond acceptors (Lipinski definition) is 5. The lowest BCUT2D eigenvalue weighted by Gasteiger charge is -2.22. The van der Waals surface area contributed by atoms with Gasteiger partial charge in [0, 0.05) is 0 Å². The second-order valence-corrected chi connectivity index (χ2v) is 10.3. The molecule has 112 valence electrons. The van der Waals surface area contributed by atoms with Crippen molar-refractivity contribution in [3.8, 4) is 0 Å². The summed E-state index contributed by atoms with van der Waals surface area (Å²) in [5, 5.41) is 9.37. The molecule has 0 heterocycles. The average molecular weight is 332 g/mol. The number of benzene rings is 1. The third-order valence-electron chi connectivity index (χ3n) is 2.32. The van der Waals surface area contributed by atoms with E-state index in [4.69, 9.17) is 20.9 Å². The van der Waals surface area contributed by atoms with E-state index in [0.29, 0.717) is 13.2 Å². The van der Waals surface area contributed by atoms with E-state index >= 15 is 0 Å². The van der Waals surface area contributed by atoms with Gasteiger partial charge in [-0.15, -0.1) is 0 Å². The number of aliphatic hydroxyl groups is 1. The van der Waals surface area contributed by atoms with Gasteiger partial charge < -0.3 is 14.2 Å². The highest BCUT2D eigenvalue weighted by atomic mass is 32.9. The van der Waals surface area contributed by atoms with Crippen LogP contribution in [0.4, 0.5) is 0 Å². The normalized spacial score (nSPS) is 13.8. The number of hydrogen-bond donors (Lipinski definition) is 1. The maximum absolute atomic E-state index is 9.49. The van der Waals surface area contributed by atoms with Crippen molar-refractivity contribution in [3.63, 3.8) is 0 Å². The molecule has 0 fully saturated rings. The zero-order valence-electron chi connectivity index (χ0n) is 11.8. The highest BCUT2D eigenvalue weighted by Gasteiger charge is 2.23. The molecule has 0 saturated carbocycles. The summed E-state index contributed by atoms with van der Waals surface area (Å²) in [6.07, 6.45) is 3.92. The fourth-order valence-corrected chi connectivity index (χ4v) is 6.90. The predicted molar refractivity (Wildman–Crippen MR) is 91.5 cm³/mol. The van der Waals surface area contributed by atoms with Crippen LogP contribution in [0.1, 0.15) is 19.4 Å². The Balaban J connectivity index is 2.70. The van der Waals surface area contributed by atoms with E-state index in [2.05, 4.69) is 0 Å². The predicted octanol–water partition coefficient (Wildman–Crippen LogP) is 4.09. The number of rotatable bonds is 9. The first-order valence-corrected chi connectivity index (χ1v) is 10.7. The van der Waals surface area contributed by atoms with Crippen LogP contribution < -0.4 is 0 Å². The van der Waals surface area contributed by atoms with Crippen LogP contribution >= 0.6 is 17.1 Å². The van der Waals surface area contributed by atoms with Gasteiger partial charge >= 0.3 is 0 Å². The molecule has 0 aliphatic rings. The summed E-state index contributed by atoms with van der Waals surface area (Å²) in [7, 11) is 0. The Morgan fingerprint density at radius 3 is 2.35 bits per heavy atom. The van der Waals surface area contributed by atoms with Gasteiger partial charge in [-0.1, -0.05) is 53.9 Å². The SMILES string of the molecule is CCOP(=S)(OCC)SC(/C=C/c1ccccc1)CO. The van der Waals surface area contributed by atoms with Gasteiger partial charge in [0.1, 0.15) is 0 Å². The molecule has 1 rings (SSSR count). The van der Waals surface area contributed by atoms with Gasteiger partial charge in [0.2, 0.25) is 5.69 Å². The lowest BCUT2D eigenvalue weighted by Crippen LogP contribution is -2.06. The maximum Gasteiger partial charge on any atom is 0.247 e. The van der Waals surface area contributed by atoms with Crippen molar-refractivity contribution in [1.29, 1.82) is 0 Å². The third-order valence-corrected chi connectivity index (χ3v) is 7.93. The van der Waals surface area contributed by atoms with E-state index in [-0.39, 0.29) is 11.9 Å². The maximum atomic E-state index is 9.49. The molecule has 3 nitrogen and oxygen atoms in total. The van der Waals surface area contributed by atoms with Crippen molar-refractivity contribution < 1.29 is 14.2 Å². The third kappa shape index (κ3) is 6.53. The van der Waals surface area contributed by atoms with Crippen molar-refractivity contribution in [3.05, 3.63) is 42.0 Å². The van der Waals surface area contributed by atoms with Gasteiger partial charge in [0.05, 0.1) is 25.1 Å². The lowest BCUT2D eigenvalue weighted by molar-refractivity contribution is 0.279. The van der Waals surface area contributed by atoms with Crippen LogP contribution in [0, 0.1) is 0 Å². The first-order chi connectivity index (χ1) is 9.63. The van der Waals surface area contributed by atoms with Crippen LogP contribution in [0.2, 0.25) is 0 Å². The molecule has 0 bridgehead atoms. The van der Waals surface area contributed by atoms with Crippen molar-refractivity contribution in [2.75, 3.05) is 19.8 Å². The quantitative estimate of drug-likeness (QED) is 0.690. The Morgan fingerprint density at radius 1 is 1.25 bits per heavy atom. The molecule has 6 heteroatoms. The van der Waals surface area contributed by atoms with Gasteiger partial charge in [-0.2, -0.15) is 0 Å². The molecular weight excluding hydrogens is 311 g/mol. The minimum Gasteiger partial charge on any atom is -0.395 e. The topological polar surface area (TPSA) is 38.7 Å². The summed E-state index contributed by atoms with van der Waals surface area (Å²) in [6, 6.07) is 9.95. The van der Waals surface area contributed by atoms with Crippen molar-refractivity contribution in [2.45, 2.75) is 19.1 Å². The Kier molecular flexibility index (Phi) is 8.69. The standard InChI is InChI=1S/C14H21O3PS2/c1-3-16-18(19,17-4-2)20-14(12-15)11-10-13-8-6-5-7-9-13/h5-11,14-15H,3-4,12H2,1-2H3/b11-10+. The van der Waals surface area contributed by atoms with E-state index < -0.39 is 5.69 Å². The first-order valence-electron chi connectivity index (χ1n) is 6.55. The Morgan fingerprint density at radius 2 is 1.85 bits per heavy atom. The molecule has 1 unspecified atom stereocenters. The van der Waals surface area contributed by atoms with Crippen LogP contribution in [-0.2, 0) is 20.9 Å². The minimum atomic E-state index is -2.37.